The number of hydrogen-bond donors (Lipinski definition) is 3. The Morgan fingerprint density at radius 3 is 2.60 bits per heavy atom. The second-order valence-electron chi connectivity index (χ2n) is 4.38. The molecule has 1 aromatic carbocycles. The van der Waals surface area contributed by atoms with Crippen molar-refractivity contribution < 1.29 is 14.4 Å². The lowest BCUT2D eigenvalue weighted by molar-refractivity contribution is -0.136. The normalized spacial score (nSPS) is 9.70. The Kier molecular flexibility index (Phi) is 6.22. The van der Waals surface area contributed by atoms with Crippen LogP contribution >= 0.6 is 0 Å². The molecule has 3 amide bonds. The first-order valence-electron chi connectivity index (χ1n) is 6.38. The van der Waals surface area contributed by atoms with Crippen LogP contribution in [-0.4, -0.2) is 31.3 Å². The van der Waals surface area contributed by atoms with Crippen molar-refractivity contribution in [1.82, 2.24) is 10.6 Å². The molecule has 0 aliphatic heterocycles. The number of benzene rings is 1. The summed E-state index contributed by atoms with van der Waals surface area (Å²) in [6, 6.07) is 5.51. The average Bonchev–Trinajstić information content (AvgIpc) is 2.43. The molecule has 20 heavy (non-hydrogen) atoms. The zero-order valence-corrected chi connectivity index (χ0v) is 11.7. The Morgan fingerprint density at radius 1 is 1.15 bits per heavy atom. The van der Waals surface area contributed by atoms with Gasteiger partial charge in [0.15, 0.2) is 0 Å². The van der Waals surface area contributed by atoms with E-state index in [1.54, 1.807) is 6.07 Å². The molecule has 1 aromatic rings. The van der Waals surface area contributed by atoms with Gasteiger partial charge in [-0.25, -0.2) is 0 Å². The topological polar surface area (TPSA) is 87.3 Å². The van der Waals surface area contributed by atoms with E-state index in [2.05, 4.69) is 16.0 Å². The zero-order valence-electron chi connectivity index (χ0n) is 11.7. The van der Waals surface area contributed by atoms with Crippen LogP contribution in [-0.2, 0) is 14.4 Å². The van der Waals surface area contributed by atoms with E-state index >= 15 is 0 Å². The molecule has 1 rings (SSSR count). The molecule has 0 aromatic heterocycles. The molecular formula is C14H19N3O3. The van der Waals surface area contributed by atoms with Gasteiger partial charge in [-0.15, -0.1) is 0 Å². The molecule has 108 valence electrons. The first kappa shape index (κ1) is 15.7. The summed E-state index contributed by atoms with van der Waals surface area (Å²) in [6.45, 7) is 4.61. The van der Waals surface area contributed by atoms with Crippen LogP contribution in [0.1, 0.15) is 17.5 Å². The summed E-state index contributed by atoms with van der Waals surface area (Å²) in [5, 5.41) is 7.54. The first-order valence-corrected chi connectivity index (χ1v) is 6.38. The summed E-state index contributed by atoms with van der Waals surface area (Å²) in [4.78, 5) is 33.3. The van der Waals surface area contributed by atoms with Gasteiger partial charge in [-0.2, -0.15) is 0 Å². The van der Waals surface area contributed by atoms with Crippen molar-refractivity contribution in [2.75, 3.05) is 18.4 Å². The largest absolute Gasteiger partial charge is 0.359 e. The highest BCUT2D eigenvalue weighted by Gasteiger charge is 2.14. The van der Waals surface area contributed by atoms with E-state index in [4.69, 9.17) is 0 Å². The minimum atomic E-state index is -0.693. The van der Waals surface area contributed by atoms with E-state index < -0.39 is 11.8 Å². The molecule has 0 bridgehead atoms. The van der Waals surface area contributed by atoms with Gasteiger partial charge in [-0.3, -0.25) is 14.4 Å². The maximum atomic E-state index is 11.7. The van der Waals surface area contributed by atoms with E-state index in [9.17, 15) is 14.4 Å². The summed E-state index contributed by atoms with van der Waals surface area (Å²) < 4.78 is 0. The highest BCUT2D eigenvalue weighted by molar-refractivity contribution is 6.39. The van der Waals surface area contributed by atoms with Crippen LogP contribution in [0.3, 0.4) is 0 Å². The smallest absolute Gasteiger partial charge is 0.313 e. The summed E-state index contributed by atoms with van der Waals surface area (Å²) >= 11 is 0. The minimum Gasteiger partial charge on any atom is -0.359 e. The van der Waals surface area contributed by atoms with Crippen molar-refractivity contribution in [3.05, 3.63) is 29.3 Å². The minimum absolute atomic E-state index is 0.333. The first-order chi connectivity index (χ1) is 9.56. The Labute approximate surface area is 117 Å². The van der Waals surface area contributed by atoms with Crippen molar-refractivity contribution in [3.8, 4) is 0 Å². The highest BCUT2D eigenvalue weighted by atomic mass is 16.2. The third-order valence-corrected chi connectivity index (χ3v) is 2.93. The second kappa shape index (κ2) is 7.93. The fourth-order valence-corrected chi connectivity index (χ4v) is 1.60. The second-order valence-corrected chi connectivity index (χ2v) is 4.38. The third-order valence-electron chi connectivity index (χ3n) is 2.93. The summed E-state index contributed by atoms with van der Waals surface area (Å²) in [5.41, 5.74) is 2.61. The van der Waals surface area contributed by atoms with Gasteiger partial charge >= 0.3 is 11.8 Å². The van der Waals surface area contributed by atoms with Gasteiger partial charge < -0.3 is 16.0 Å². The maximum Gasteiger partial charge on any atom is 0.313 e. The Bertz CT molecular complexity index is 500. The number of hydrogen-bond acceptors (Lipinski definition) is 3. The molecule has 0 aliphatic carbocycles. The van der Waals surface area contributed by atoms with E-state index in [1.807, 2.05) is 26.0 Å². The van der Waals surface area contributed by atoms with Crippen LogP contribution in [0.4, 0.5) is 5.69 Å². The van der Waals surface area contributed by atoms with Crippen LogP contribution in [0.15, 0.2) is 18.2 Å². The Hall–Kier alpha value is -2.37. The lowest BCUT2D eigenvalue weighted by atomic mass is 10.1. The summed E-state index contributed by atoms with van der Waals surface area (Å²) in [6.07, 6.45) is 1.16. The van der Waals surface area contributed by atoms with Gasteiger partial charge in [-0.1, -0.05) is 12.1 Å². The van der Waals surface area contributed by atoms with E-state index in [-0.39, 0.29) is 0 Å². The molecule has 0 radical (unpaired) electrons. The molecule has 0 unspecified atom stereocenters. The Morgan fingerprint density at radius 2 is 1.90 bits per heavy atom. The number of rotatable bonds is 6. The van der Waals surface area contributed by atoms with Gasteiger partial charge in [0, 0.05) is 18.8 Å². The predicted octanol–water partition coefficient (Wildman–Crippen LogP) is 0.494. The number of anilines is 1. The lowest BCUT2D eigenvalue weighted by Crippen LogP contribution is -2.36. The molecule has 3 N–H and O–H groups in total. The quantitative estimate of drug-likeness (QED) is 0.402. The fraction of sp³-hybridized carbons (Fsp3) is 0.357. The predicted molar refractivity (Wildman–Crippen MR) is 76.2 cm³/mol. The van der Waals surface area contributed by atoms with Crippen molar-refractivity contribution in [1.29, 1.82) is 0 Å². The van der Waals surface area contributed by atoms with Crippen molar-refractivity contribution >= 4 is 23.9 Å². The Balaban J connectivity index is 2.43. The molecule has 6 heteroatoms. The van der Waals surface area contributed by atoms with E-state index in [0.717, 1.165) is 11.1 Å². The fourth-order valence-electron chi connectivity index (χ4n) is 1.60. The molecule has 6 nitrogen and oxygen atoms in total. The van der Waals surface area contributed by atoms with Crippen LogP contribution in [0.2, 0.25) is 0 Å². The van der Waals surface area contributed by atoms with Gasteiger partial charge in [0.1, 0.15) is 0 Å². The van der Waals surface area contributed by atoms with Crippen LogP contribution in [0, 0.1) is 13.8 Å². The van der Waals surface area contributed by atoms with E-state index in [1.165, 1.54) is 0 Å². The van der Waals surface area contributed by atoms with Crippen molar-refractivity contribution in [2.24, 2.45) is 0 Å². The lowest BCUT2D eigenvalue weighted by Gasteiger charge is -2.10. The number of carbonyl (C=O) groups excluding carboxylic acids is 3. The van der Waals surface area contributed by atoms with Crippen LogP contribution < -0.4 is 16.0 Å². The number of aryl methyl sites for hydroxylation is 1. The molecule has 0 fully saturated rings. The summed E-state index contributed by atoms with van der Waals surface area (Å²) in [7, 11) is 0. The molecule has 0 saturated carbocycles. The molecule has 0 heterocycles. The monoisotopic (exact) mass is 277 g/mol. The van der Waals surface area contributed by atoms with Crippen LogP contribution in [0.25, 0.3) is 0 Å². The van der Waals surface area contributed by atoms with E-state index in [0.29, 0.717) is 31.6 Å². The molecular weight excluding hydrogens is 258 g/mol. The van der Waals surface area contributed by atoms with Crippen molar-refractivity contribution in [2.45, 2.75) is 20.3 Å². The SMILES string of the molecule is Cc1cccc(NC(=O)C(=O)NCCCNC=O)c1C. The van der Waals surface area contributed by atoms with Gasteiger partial charge in [-0.05, 0) is 37.5 Å². The highest BCUT2D eigenvalue weighted by Crippen LogP contribution is 2.17. The van der Waals surface area contributed by atoms with Gasteiger partial charge in [0.2, 0.25) is 6.41 Å². The average molecular weight is 277 g/mol. The van der Waals surface area contributed by atoms with Crippen molar-refractivity contribution in [3.63, 3.8) is 0 Å². The summed E-state index contributed by atoms with van der Waals surface area (Å²) in [5.74, 6) is -1.38. The molecule has 0 saturated heterocycles. The number of carbonyl (C=O) groups is 3. The molecule has 0 spiro atoms. The number of nitrogens with one attached hydrogen (secondary N) is 3. The standard InChI is InChI=1S/C14H19N3O3/c1-10-5-3-6-12(11(10)2)17-14(20)13(19)16-8-4-7-15-9-18/h3,5-6,9H,4,7-8H2,1-2H3,(H,15,18)(H,16,19)(H,17,20). The maximum absolute atomic E-state index is 11.7. The van der Waals surface area contributed by atoms with Gasteiger partial charge in [0.05, 0.1) is 0 Å². The zero-order chi connectivity index (χ0) is 15.0. The van der Waals surface area contributed by atoms with Gasteiger partial charge in [0.25, 0.3) is 0 Å². The molecule has 0 atom stereocenters. The third kappa shape index (κ3) is 4.72. The number of amides is 3. The molecule has 0 aliphatic rings. The van der Waals surface area contributed by atoms with Crippen LogP contribution in [0.5, 0.6) is 0 Å².